The van der Waals surface area contributed by atoms with E-state index in [4.69, 9.17) is 9.72 Å². The van der Waals surface area contributed by atoms with Crippen LogP contribution in [0, 0.1) is 20.8 Å². The molecule has 1 amide bonds. The molecule has 158 valence electrons. The van der Waals surface area contributed by atoms with Gasteiger partial charge in [0.25, 0.3) is 5.91 Å². The number of aryl methyl sites for hydroxylation is 3. The molecule has 0 saturated carbocycles. The lowest BCUT2D eigenvalue weighted by Gasteiger charge is -2.27. The second-order valence-electron chi connectivity index (χ2n) is 8.06. The molecule has 30 heavy (non-hydrogen) atoms. The smallest absolute Gasteiger partial charge is 0.260 e. The molecule has 3 aromatic rings. The molecule has 1 saturated heterocycles. The molecule has 0 aliphatic carbocycles. The first-order valence-corrected chi connectivity index (χ1v) is 11.4. The fraction of sp³-hybridized carbons (Fsp3) is 0.417. The number of ether oxygens (including phenoxy) is 1. The van der Waals surface area contributed by atoms with Gasteiger partial charge in [-0.05, 0) is 56.5 Å². The monoisotopic (exact) mass is 423 g/mol. The number of hydrogen-bond donors (Lipinski definition) is 0. The molecule has 1 aliphatic rings. The number of amides is 1. The van der Waals surface area contributed by atoms with Gasteiger partial charge in [-0.3, -0.25) is 14.6 Å². The minimum absolute atomic E-state index is 0.0223. The van der Waals surface area contributed by atoms with Crippen molar-refractivity contribution in [3.8, 4) is 0 Å². The number of benzene rings is 2. The normalized spacial score (nSPS) is 14.9. The molecular formula is C24H29N3O2S. The number of rotatable bonds is 6. The quantitative estimate of drug-likeness (QED) is 0.582. The molecule has 0 atom stereocenters. The van der Waals surface area contributed by atoms with E-state index in [1.807, 2.05) is 36.1 Å². The van der Waals surface area contributed by atoms with E-state index in [2.05, 4.69) is 30.9 Å². The number of fused-ring (bicyclic) bond motifs is 1. The van der Waals surface area contributed by atoms with Crippen molar-refractivity contribution in [2.45, 2.75) is 27.2 Å². The van der Waals surface area contributed by atoms with E-state index in [0.29, 0.717) is 12.1 Å². The summed E-state index contributed by atoms with van der Waals surface area (Å²) in [6.45, 7) is 11.3. The summed E-state index contributed by atoms with van der Waals surface area (Å²) in [5.41, 5.74) is 5.18. The summed E-state index contributed by atoms with van der Waals surface area (Å²) < 4.78 is 6.58. The molecule has 0 spiro atoms. The first-order chi connectivity index (χ1) is 14.5. The van der Waals surface area contributed by atoms with Crippen LogP contribution in [-0.4, -0.2) is 55.2 Å². The summed E-state index contributed by atoms with van der Waals surface area (Å²) >= 11 is 1.61. The van der Waals surface area contributed by atoms with Gasteiger partial charge in [0, 0.05) is 31.7 Å². The van der Waals surface area contributed by atoms with E-state index in [0.717, 1.165) is 65.7 Å². The zero-order chi connectivity index (χ0) is 21.1. The van der Waals surface area contributed by atoms with Crippen molar-refractivity contribution in [2.75, 3.05) is 44.3 Å². The standard InChI is InChI=1S/C24H29N3O2S/c1-17-6-4-7-20(15-17)23(28)27(9-5-8-26-10-12-29-13-11-26)24-25-22-19(3)14-18(2)16-21(22)30-24/h4,6-7,14-16H,5,8-13H2,1-3H3. The Morgan fingerprint density at radius 3 is 2.70 bits per heavy atom. The number of anilines is 1. The van der Waals surface area contributed by atoms with Crippen LogP contribution >= 0.6 is 11.3 Å². The molecular weight excluding hydrogens is 394 g/mol. The third-order valence-corrected chi connectivity index (χ3v) is 6.54. The van der Waals surface area contributed by atoms with Crippen LogP contribution in [0.2, 0.25) is 0 Å². The Morgan fingerprint density at radius 1 is 1.13 bits per heavy atom. The molecule has 6 heteroatoms. The van der Waals surface area contributed by atoms with Crippen molar-refractivity contribution in [1.29, 1.82) is 0 Å². The molecule has 0 unspecified atom stereocenters. The summed E-state index contributed by atoms with van der Waals surface area (Å²) in [4.78, 5) is 22.6. The highest BCUT2D eigenvalue weighted by atomic mass is 32.1. The molecule has 0 N–H and O–H groups in total. The molecule has 5 nitrogen and oxygen atoms in total. The van der Waals surface area contributed by atoms with Crippen LogP contribution in [-0.2, 0) is 4.74 Å². The van der Waals surface area contributed by atoms with Gasteiger partial charge in [-0.2, -0.15) is 0 Å². The van der Waals surface area contributed by atoms with Gasteiger partial charge in [-0.1, -0.05) is 35.1 Å². The third kappa shape index (κ3) is 4.72. The average molecular weight is 424 g/mol. The second-order valence-corrected chi connectivity index (χ2v) is 9.07. The van der Waals surface area contributed by atoms with Gasteiger partial charge in [-0.15, -0.1) is 0 Å². The van der Waals surface area contributed by atoms with Crippen molar-refractivity contribution < 1.29 is 9.53 Å². The van der Waals surface area contributed by atoms with Crippen molar-refractivity contribution in [3.05, 3.63) is 58.7 Å². The maximum Gasteiger partial charge on any atom is 0.260 e. The Hall–Kier alpha value is -2.28. The number of carbonyl (C=O) groups is 1. The number of thiazole rings is 1. The first kappa shape index (κ1) is 21.0. The fourth-order valence-corrected chi connectivity index (χ4v) is 5.14. The van der Waals surface area contributed by atoms with Crippen molar-refractivity contribution in [3.63, 3.8) is 0 Å². The molecule has 1 aliphatic heterocycles. The van der Waals surface area contributed by atoms with Gasteiger partial charge in [0.05, 0.1) is 23.4 Å². The second kappa shape index (κ2) is 9.25. The fourth-order valence-electron chi connectivity index (χ4n) is 3.97. The van der Waals surface area contributed by atoms with E-state index in [1.54, 1.807) is 11.3 Å². The van der Waals surface area contributed by atoms with Crippen molar-refractivity contribution in [1.82, 2.24) is 9.88 Å². The highest BCUT2D eigenvalue weighted by Gasteiger charge is 2.22. The van der Waals surface area contributed by atoms with Crippen LogP contribution in [0.15, 0.2) is 36.4 Å². The molecule has 1 fully saturated rings. The number of morpholine rings is 1. The largest absolute Gasteiger partial charge is 0.379 e. The number of hydrogen-bond acceptors (Lipinski definition) is 5. The molecule has 1 aromatic heterocycles. The number of aromatic nitrogens is 1. The van der Waals surface area contributed by atoms with Gasteiger partial charge in [0.1, 0.15) is 0 Å². The lowest BCUT2D eigenvalue weighted by Crippen LogP contribution is -2.39. The zero-order valence-corrected chi connectivity index (χ0v) is 18.8. The van der Waals surface area contributed by atoms with Crippen LogP contribution in [0.3, 0.4) is 0 Å². The Balaban J connectivity index is 1.60. The van der Waals surface area contributed by atoms with Gasteiger partial charge in [0.15, 0.2) is 5.13 Å². The van der Waals surface area contributed by atoms with Gasteiger partial charge >= 0.3 is 0 Å². The van der Waals surface area contributed by atoms with Crippen molar-refractivity contribution in [2.24, 2.45) is 0 Å². The molecule has 2 heterocycles. The summed E-state index contributed by atoms with van der Waals surface area (Å²) in [5.74, 6) is 0.0223. The Labute approximate surface area is 182 Å². The Kier molecular flexibility index (Phi) is 6.46. The summed E-state index contributed by atoms with van der Waals surface area (Å²) in [7, 11) is 0. The lowest BCUT2D eigenvalue weighted by molar-refractivity contribution is 0.0376. The van der Waals surface area contributed by atoms with E-state index in [1.165, 1.54) is 5.56 Å². The molecule has 0 bridgehead atoms. The van der Waals surface area contributed by atoms with Gasteiger partial charge in [0.2, 0.25) is 0 Å². The predicted molar refractivity (Wildman–Crippen MR) is 124 cm³/mol. The van der Waals surface area contributed by atoms with Gasteiger partial charge in [-0.25, -0.2) is 4.98 Å². The summed E-state index contributed by atoms with van der Waals surface area (Å²) in [6.07, 6.45) is 0.908. The summed E-state index contributed by atoms with van der Waals surface area (Å²) in [5, 5.41) is 0.784. The zero-order valence-electron chi connectivity index (χ0n) is 18.0. The maximum absolute atomic E-state index is 13.5. The Morgan fingerprint density at radius 2 is 1.93 bits per heavy atom. The van der Waals surface area contributed by atoms with Gasteiger partial charge < -0.3 is 4.74 Å². The Bertz CT molecular complexity index is 1040. The number of nitrogens with zero attached hydrogens (tertiary/aromatic N) is 3. The first-order valence-electron chi connectivity index (χ1n) is 10.6. The van der Waals surface area contributed by atoms with Crippen LogP contribution in [0.5, 0.6) is 0 Å². The summed E-state index contributed by atoms with van der Waals surface area (Å²) in [6, 6.07) is 12.1. The lowest BCUT2D eigenvalue weighted by atomic mass is 10.1. The molecule has 2 aromatic carbocycles. The molecule has 0 radical (unpaired) electrons. The minimum Gasteiger partial charge on any atom is -0.379 e. The third-order valence-electron chi connectivity index (χ3n) is 5.52. The highest BCUT2D eigenvalue weighted by molar-refractivity contribution is 7.22. The average Bonchev–Trinajstić information content (AvgIpc) is 3.15. The van der Waals surface area contributed by atoms with Crippen LogP contribution in [0.25, 0.3) is 10.2 Å². The predicted octanol–water partition coefficient (Wildman–Crippen LogP) is 4.59. The SMILES string of the molecule is Cc1cccc(C(=O)N(CCCN2CCOCC2)c2nc3c(C)cc(C)cc3s2)c1. The number of carbonyl (C=O) groups excluding carboxylic acids is 1. The van der Waals surface area contributed by atoms with E-state index in [-0.39, 0.29) is 5.91 Å². The van der Waals surface area contributed by atoms with Crippen LogP contribution in [0.4, 0.5) is 5.13 Å². The van der Waals surface area contributed by atoms with E-state index in [9.17, 15) is 4.79 Å². The maximum atomic E-state index is 13.5. The van der Waals surface area contributed by atoms with Crippen molar-refractivity contribution >= 4 is 32.6 Å². The topological polar surface area (TPSA) is 45.7 Å². The minimum atomic E-state index is 0.0223. The van der Waals surface area contributed by atoms with Crippen LogP contribution in [0.1, 0.15) is 33.5 Å². The van der Waals surface area contributed by atoms with E-state index < -0.39 is 0 Å². The van der Waals surface area contributed by atoms with Crippen LogP contribution < -0.4 is 4.90 Å². The molecule has 4 rings (SSSR count). The highest BCUT2D eigenvalue weighted by Crippen LogP contribution is 2.32. The van der Waals surface area contributed by atoms with E-state index >= 15 is 0 Å².